The molecule has 5 nitrogen and oxygen atoms in total. The molecule has 0 spiro atoms. The number of pyridine rings is 2. The van der Waals surface area contributed by atoms with Crippen LogP contribution in [-0.2, 0) is 37.8 Å². The molecule has 0 bridgehead atoms. The largest absolute Gasteiger partial charge is 2.00 e. The third kappa shape index (κ3) is 6.02. The van der Waals surface area contributed by atoms with Crippen molar-refractivity contribution in [2.45, 2.75) is 58.1 Å². The maximum atomic E-state index is 16.8. The molecule has 0 saturated heterocycles. The zero-order valence-corrected chi connectivity index (χ0v) is 30.6. The first-order valence-electron chi connectivity index (χ1n) is 20.8. The number of hydrogen-bond acceptors (Lipinski definition) is 2. The summed E-state index contributed by atoms with van der Waals surface area (Å²) in [6, 6.07) is 34.5. The Bertz CT molecular complexity index is 2870. The smallest absolute Gasteiger partial charge is 0.318 e. The first-order chi connectivity index (χ1) is 28.1. The van der Waals surface area contributed by atoms with Gasteiger partial charge in [0.2, 0.25) is 5.69 Å². The molecule has 0 atom stereocenters. The zero-order chi connectivity index (χ0) is 43.2. The van der Waals surface area contributed by atoms with Crippen molar-refractivity contribution >= 4 is 50.6 Å². The summed E-state index contributed by atoms with van der Waals surface area (Å²) in [6.07, 6.45) is 5.04. The van der Waals surface area contributed by atoms with E-state index in [1.54, 1.807) is 68.7 Å². The van der Waals surface area contributed by atoms with Crippen molar-refractivity contribution in [2.24, 2.45) is 0 Å². The predicted octanol–water partition coefficient (Wildman–Crippen LogP) is 10.8. The Morgan fingerprint density at radius 1 is 0.731 bits per heavy atom. The van der Waals surface area contributed by atoms with E-state index < -0.39 is 43.0 Å². The molecular weight excluding hydrogens is 832 g/mol. The van der Waals surface area contributed by atoms with E-state index in [1.165, 1.54) is 42.5 Å². The van der Waals surface area contributed by atoms with Gasteiger partial charge < -0.3 is 4.57 Å². The summed E-state index contributed by atoms with van der Waals surface area (Å²) in [6.45, 7) is -4.00. The number of para-hydroxylation sites is 2. The summed E-state index contributed by atoms with van der Waals surface area (Å²) in [7, 11) is 0. The summed E-state index contributed by atoms with van der Waals surface area (Å²) >= 11 is 0. The molecule has 0 amide bonds. The van der Waals surface area contributed by atoms with Crippen molar-refractivity contribution in [3.05, 3.63) is 150 Å². The molecule has 0 N–H and O–H groups in total. The van der Waals surface area contributed by atoms with Gasteiger partial charge in [-0.1, -0.05) is 98.9 Å². The molecule has 52 heavy (non-hydrogen) atoms. The molecule has 7 aromatic rings. The van der Waals surface area contributed by atoms with E-state index in [2.05, 4.69) is 48.9 Å². The van der Waals surface area contributed by atoms with E-state index in [0.29, 0.717) is 39.3 Å². The Balaban J connectivity index is 0.00000561. The molecule has 0 aliphatic carbocycles. The minimum absolute atomic E-state index is 0. The maximum absolute atomic E-state index is 16.8. The van der Waals surface area contributed by atoms with Gasteiger partial charge in [0.1, 0.15) is 11.5 Å². The van der Waals surface area contributed by atoms with Gasteiger partial charge in [0.25, 0.3) is 17.3 Å². The van der Waals surface area contributed by atoms with Crippen molar-refractivity contribution in [3.8, 4) is 5.82 Å². The predicted molar refractivity (Wildman–Crippen MR) is 202 cm³/mol. The topological polar surface area (TPSA) is 36.7 Å². The van der Waals surface area contributed by atoms with Crippen molar-refractivity contribution in [1.29, 1.82) is 0 Å². The number of hydrogen-bond donors (Lipinski definition) is 0. The van der Waals surface area contributed by atoms with Gasteiger partial charge in [0.05, 0.1) is 11.7 Å². The molecule has 4 aromatic carbocycles. The Hall–Kier alpha value is -5.09. The van der Waals surface area contributed by atoms with Crippen LogP contribution in [0.1, 0.15) is 75.9 Å². The van der Waals surface area contributed by atoms with Gasteiger partial charge in [-0.05, 0) is 50.1 Å². The van der Waals surface area contributed by atoms with Gasteiger partial charge in [-0.15, -0.1) is 11.5 Å². The summed E-state index contributed by atoms with van der Waals surface area (Å²) in [5, 5.41) is 1.52. The van der Waals surface area contributed by atoms with E-state index in [0.717, 1.165) is 10.9 Å². The van der Waals surface area contributed by atoms with Crippen LogP contribution in [0.25, 0.3) is 27.6 Å². The molecule has 1 aliphatic heterocycles. The van der Waals surface area contributed by atoms with Gasteiger partial charge in [-0.2, -0.15) is 24.3 Å². The average Bonchev–Trinajstić information content (AvgIpc) is 3.73. The average molecular weight is 878 g/mol. The second-order valence-corrected chi connectivity index (χ2v) is 13.6. The van der Waals surface area contributed by atoms with Crippen LogP contribution >= 0.6 is 0 Å². The van der Waals surface area contributed by atoms with Gasteiger partial charge in [0, 0.05) is 49.0 Å². The Labute approximate surface area is 329 Å². The molecule has 3 aromatic heterocycles. The van der Waals surface area contributed by atoms with E-state index >= 15 is 8.78 Å². The number of rotatable bonds is 5. The van der Waals surface area contributed by atoms with Crippen LogP contribution in [0.5, 0.6) is 0 Å². The fraction of sp³-hybridized carbons (Fsp3) is 0.205. The van der Waals surface area contributed by atoms with E-state index in [9.17, 15) is 0 Å². The fourth-order valence-corrected chi connectivity index (χ4v) is 6.42. The van der Waals surface area contributed by atoms with Crippen LogP contribution in [0.3, 0.4) is 0 Å². The van der Waals surface area contributed by atoms with Gasteiger partial charge in [-0.25, -0.2) is 13.8 Å². The molecule has 260 valence electrons. The minimum atomic E-state index is -3.57. The molecule has 0 fully saturated rings. The Morgan fingerprint density at radius 3 is 2.19 bits per heavy atom. The second kappa shape index (κ2) is 12.8. The van der Waals surface area contributed by atoms with Crippen molar-refractivity contribution in [3.63, 3.8) is 0 Å². The Kier molecular flexibility index (Phi) is 6.37. The monoisotopic (exact) mass is 877 g/mol. The standard InChI is InChI=1S/C44H37F2N5.Pt/c1-42(2,3)29-14-17-33(18-15-29)49-28-50(38-13-8-7-12-37(38)49)34-11-9-10-31(24-34)44(45,46)32-16-19-35-36-21-22-47-27-40(36)51(39(35)25-32)41-26-30(20-23-48-41)43(4,5)6;/h7-23,26-27H,1-6H3;/q;+2/i1D3,2D3,3D3;. The molecule has 4 heterocycles. The van der Waals surface area contributed by atoms with Gasteiger partial charge in [0.15, 0.2) is 0 Å². The van der Waals surface area contributed by atoms with Gasteiger partial charge >= 0.3 is 27.1 Å². The number of fused-ring (bicyclic) bond motifs is 4. The molecule has 0 radical (unpaired) electrons. The van der Waals surface area contributed by atoms with Gasteiger partial charge in [-0.3, -0.25) is 4.98 Å². The van der Waals surface area contributed by atoms with Crippen LogP contribution in [-0.4, -0.2) is 20.5 Å². The molecule has 1 aliphatic rings. The molecular formula is C44H37F2N5Pt+2. The van der Waals surface area contributed by atoms with Crippen LogP contribution in [0.2, 0.25) is 0 Å². The summed E-state index contributed by atoms with van der Waals surface area (Å²) < 4.78 is 111. The number of benzene rings is 4. The quantitative estimate of drug-likeness (QED) is 0.128. The van der Waals surface area contributed by atoms with Crippen LogP contribution in [0, 0.1) is 12.1 Å². The first-order valence-corrected chi connectivity index (χ1v) is 16.3. The first kappa shape index (κ1) is 25.8. The van der Waals surface area contributed by atoms with E-state index in [-0.39, 0.29) is 37.7 Å². The second-order valence-electron chi connectivity index (χ2n) is 13.6. The summed E-state index contributed by atoms with van der Waals surface area (Å²) in [4.78, 5) is 8.95. The SMILES string of the molecule is [2H]C([2H])([2H])C(c1ccc([N+]2=C=[N+](c3[c-]c(C(F)(F)c4[c-]c5c(cc4)c4ccncc4n5-c4cc(C(C)(C)C)ccn4)ccc3)c3ccccc32)cc1)(C([2H])([2H])[2H])C([2H])([2H])[2H].[Pt+2]. The molecule has 8 heteroatoms. The number of halogens is 2. The normalized spacial score (nSPS) is 16.4. The number of alkyl halides is 2. The molecule has 8 rings (SSSR count). The van der Waals surface area contributed by atoms with Crippen molar-refractivity contribution in [2.75, 3.05) is 0 Å². The Morgan fingerprint density at radius 2 is 1.46 bits per heavy atom. The number of nitrogens with zero attached hydrogens (tertiary/aromatic N) is 5. The third-order valence-corrected chi connectivity index (χ3v) is 9.14. The number of aromatic nitrogens is 3. The van der Waals surface area contributed by atoms with Crippen LogP contribution in [0.4, 0.5) is 31.5 Å². The fourth-order valence-electron chi connectivity index (χ4n) is 6.42. The molecule has 0 unspecified atom stereocenters. The maximum Gasteiger partial charge on any atom is 2.00 e. The third-order valence-electron chi connectivity index (χ3n) is 9.14. The van der Waals surface area contributed by atoms with Crippen LogP contribution in [0.15, 0.2) is 116 Å². The van der Waals surface area contributed by atoms with E-state index in [1.807, 2.05) is 18.2 Å². The van der Waals surface area contributed by atoms with Crippen molar-refractivity contribution in [1.82, 2.24) is 23.7 Å². The summed E-state index contributed by atoms with van der Waals surface area (Å²) in [5.74, 6) is -3.02. The summed E-state index contributed by atoms with van der Waals surface area (Å²) in [5.41, 5.74) is -0.723. The zero-order valence-electron chi connectivity index (χ0n) is 37.3. The van der Waals surface area contributed by atoms with E-state index in [4.69, 9.17) is 12.3 Å². The van der Waals surface area contributed by atoms with Crippen LogP contribution < -0.4 is 9.15 Å². The van der Waals surface area contributed by atoms with Crippen molar-refractivity contribution < 1.29 is 42.2 Å². The molecule has 0 saturated carbocycles. The minimum Gasteiger partial charge on any atom is -0.318 e.